The Morgan fingerprint density at radius 1 is 1.41 bits per heavy atom. The number of likely N-dealkylation sites (N-methyl/N-ethyl adjacent to an activating group) is 1. The Hall–Kier alpha value is -1.46. The first-order chi connectivity index (χ1) is 8.35. The van der Waals surface area contributed by atoms with Crippen LogP contribution in [0.2, 0.25) is 0 Å². The standard InChI is InChI=1S/C12H15N3OS/c1-2-15(5-6-16)12-8-10(13-9-14-12)11-4-3-7-17-11/h3-4,7-9,16H,2,5-6H2,1H3. The van der Waals surface area contributed by atoms with E-state index in [0.29, 0.717) is 6.54 Å². The van der Waals surface area contributed by atoms with Crippen molar-refractivity contribution in [3.63, 3.8) is 0 Å². The Balaban J connectivity index is 2.27. The molecule has 0 bridgehead atoms. The molecule has 0 aliphatic carbocycles. The van der Waals surface area contributed by atoms with Crippen LogP contribution in [0.15, 0.2) is 29.9 Å². The highest BCUT2D eigenvalue weighted by atomic mass is 32.1. The quantitative estimate of drug-likeness (QED) is 0.880. The zero-order valence-electron chi connectivity index (χ0n) is 9.71. The molecule has 0 atom stereocenters. The highest BCUT2D eigenvalue weighted by Gasteiger charge is 2.08. The number of hydrogen-bond donors (Lipinski definition) is 1. The number of anilines is 1. The molecular weight excluding hydrogens is 234 g/mol. The van der Waals surface area contributed by atoms with Gasteiger partial charge in [0.15, 0.2) is 0 Å². The summed E-state index contributed by atoms with van der Waals surface area (Å²) in [5.41, 5.74) is 0.932. The molecule has 17 heavy (non-hydrogen) atoms. The number of hydrogen-bond acceptors (Lipinski definition) is 5. The molecule has 0 unspecified atom stereocenters. The zero-order chi connectivity index (χ0) is 12.1. The van der Waals surface area contributed by atoms with Crippen LogP contribution in [0.25, 0.3) is 10.6 Å². The molecule has 2 heterocycles. The predicted molar refractivity (Wildman–Crippen MR) is 70.3 cm³/mol. The van der Waals surface area contributed by atoms with Crippen LogP contribution in [0.5, 0.6) is 0 Å². The van der Waals surface area contributed by atoms with Gasteiger partial charge < -0.3 is 10.0 Å². The smallest absolute Gasteiger partial charge is 0.132 e. The van der Waals surface area contributed by atoms with E-state index in [4.69, 9.17) is 5.11 Å². The highest BCUT2D eigenvalue weighted by Crippen LogP contribution is 2.24. The molecule has 2 aromatic rings. The van der Waals surface area contributed by atoms with Crippen molar-refractivity contribution in [2.75, 3.05) is 24.6 Å². The summed E-state index contributed by atoms with van der Waals surface area (Å²) in [7, 11) is 0. The van der Waals surface area contributed by atoms with Gasteiger partial charge in [0.1, 0.15) is 12.1 Å². The van der Waals surface area contributed by atoms with Crippen molar-refractivity contribution in [3.05, 3.63) is 29.9 Å². The Kier molecular flexibility index (Phi) is 4.06. The van der Waals surface area contributed by atoms with Crippen LogP contribution in [0.4, 0.5) is 5.82 Å². The van der Waals surface area contributed by atoms with Crippen LogP contribution >= 0.6 is 11.3 Å². The van der Waals surface area contributed by atoms with Crippen molar-refractivity contribution in [1.82, 2.24) is 9.97 Å². The predicted octanol–water partition coefficient (Wildman–Crippen LogP) is 2.02. The molecule has 0 amide bonds. The maximum absolute atomic E-state index is 9.00. The number of aliphatic hydroxyl groups is 1. The lowest BCUT2D eigenvalue weighted by Gasteiger charge is -2.20. The first-order valence-corrected chi connectivity index (χ1v) is 6.45. The fourth-order valence-corrected chi connectivity index (χ4v) is 2.33. The third-order valence-electron chi connectivity index (χ3n) is 2.50. The van der Waals surface area contributed by atoms with Crippen LogP contribution in [0.3, 0.4) is 0 Å². The summed E-state index contributed by atoms with van der Waals surface area (Å²) in [6.07, 6.45) is 1.57. The lowest BCUT2D eigenvalue weighted by atomic mass is 10.3. The van der Waals surface area contributed by atoms with Crippen LogP contribution in [-0.4, -0.2) is 34.8 Å². The van der Waals surface area contributed by atoms with Crippen LogP contribution in [0.1, 0.15) is 6.92 Å². The average molecular weight is 249 g/mol. The molecule has 90 valence electrons. The average Bonchev–Trinajstić information content (AvgIpc) is 2.90. The summed E-state index contributed by atoms with van der Waals surface area (Å²) >= 11 is 1.66. The normalized spacial score (nSPS) is 10.5. The summed E-state index contributed by atoms with van der Waals surface area (Å²) in [5, 5.41) is 11.0. The van der Waals surface area contributed by atoms with Gasteiger partial charge in [-0.15, -0.1) is 11.3 Å². The third-order valence-corrected chi connectivity index (χ3v) is 3.39. The van der Waals surface area contributed by atoms with E-state index in [1.807, 2.05) is 35.4 Å². The Morgan fingerprint density at radius 3 is 2.94 bits per heavy atom. The SMILES string of the molecule is CCN(CCO)c1cc(-c2cccs2)ncn1. The van der Waals surface area contributed by atoms with Gasteiger partial charge in [-0.05, 0) is 18.4 Å². The van der Waals surface area contributed by atoms with Crippen molar-refractivity contribution < 1.29 is 5.11 Å². The molecule has 1 N–H and O–H groups in total. The van der Waals surface area contributed by atoms with Crippen LogP contribution < -0.4 is 4.90 Å². The van der Waals surface area contributed by atoms with E-state index >= 15 is 0 Å². The fourth-order valence-electron chi connectivity index (χ4n) is 1.63. The first kappa shape index (κ1) is 12.0. The van der Waals surface area contributed by atoms with Crippen molar-refractivity contribution in [1.29, 1.82) is 0 Å². The van der Waals surface area contributed by atoms with Crippen molar-refractivity contribution in [3.8, 4) is 10.6 Å². The second kappa shape index (κ2) is 5.75. The Morgan fingerprint density at radius 2 is 2.29 bits per heavy atom. The molecular formula is C12H15N3OS. The van der Waals surface area contributed by atoms with E-state index in [2.05, 4.69) is 9.97 Å². The van der Waals surface area contributed by atoms with E-state index in [1.54, 1.807) is 17.7 Å². The number of aromatic nitrogens is 2. The molecule has 4 nitrogen and oxygen atoms in total. The van der Waals surface area contributed by atoms with Gasteiger partial charge in [-0.3, -0.25) is 0 Å². The molecule has 0 radical (unpaired) electrons. The lowest BCUT2D eigenvalue weighted by molar-refractivity contribution is 0.302. The maximum Gasteiger partial charge on any atom is 0.132 e. The van der Waals surface area contributed by atoms with Crippen LogP contribution in [-0.2, 0) is 0 Å². The minimum Gasteiger partial charge on any atom is -0.395 e. The van der Waals surface area contributed by atoms with Gasteiger partial charge in [0.2, 0.25) is 0 Å². The summed E-state index contributed by atoms with van der Waals surface area (Å²) in [5.74, 6) is 0.861. The Bertz CT molecular complexity index is 459. The van der Waals surface area contributed by atoms with E-state index in [0.717, 1.165) is 22.9 Å². The van der Waals surface area contributed by atoms with E-state index in [1.165, 1.54) is 0 Å². The van der Waals surface area contributed by atoms with Crippen LogP contribution in [0, 0.1) is 0 Å². The molecule has 0 aromatic carbocycles. The second-order valence-electron chi connectivity index (χ2n) is 3.54. The molecule has 0 saturated carbocycles. The highest BCUT2D eigenvalue weighted by molar-refractivity contribution is 7.13. The molecule has 0 fully saturated rings. The van der Waals surface area contributed by atoms with E-state index < -0.39 is 0 Å². The van der Waals surface area contributed by atoms with E-state index in [-0.39, 0.29) is 6.61 Å². The summed E-state index contributed by atoms with van der Waals surface area (Å²) in [6.45, 7) is 3.59. The molecule has 2 aromatic heterocycles. The van der Waals surface area contributed by atoms with Gasteiger partial charge >= 0.3 is 0 Å². The van der Waals surface area contributed by atoms with Gasteiger partial charge in [-0.2, -0.15) is 0 Å². The minimum absolute atomic E-state index is 0.131. The van der Waals surface area contributed by atoms with E-state index in [9.17, 15) is 0 Å². The molecule has 0 aliphatic heterocycles. The largest absolute Gasteiger partial charge is 0.395 e. The van der Waals surface area contributed by atoms with Crippen molar-refractivity contribution in [2.24, 2.45) is 0 Å². The first-order valence-electron chi connectivity index (χ1n) is 5.57. The number of rotatable bonds is 5. The van der Waals surface area contributed by atoms with Gasteiger partial charge in [0.05, 0.1) is 17.2 Å². The monoisotopic (exact) mass is 249 g/mol. The zero-order valence-corrected chi connectivity index (χ0v) is 10.5. The molecule has 2 rings (SSSR count). The van der Waals surface area contributed by atoms with Crippen molar-refractivity contribution >= 4 is 17.2 Å². The molecule has 0 saturated heterocycles. The summed E-state index contributed by atoms with van der Waals surface area (Å²) in [6, 6.07) is 6.01. The molecule has 0 spiro atoms. The topological polar surface area (TPSA) is 49.2 Å². The van der Waals surface area contributed by atoms with Gasteiger partial charge in [-0.25, -0.2) is 9.97 Å². The number of thiophene rings is 1. The number of nitrogens with zero attached hydrogens (tertiary/aromatic N) is 3. The molecule has 0 aliphatic rings. The van der Waals surface area contributed by atoms with Gasteiger partial charge in [0, 0.05) is 19.2 Å². The summed E-state index contributed by atoms with van der Waals surface area (Å²) in [4.78, 5) is 11.7. The fraction of sp³-hybridized carbons (Fsp3) is 0.333. The van der Waals surface area contributed by atoms with Gasteiger partial charge in [0.25, 0.3) is 0 Å². The number of aliphatic hydroxyl groups excluding tert-OH is 1. The molecule has 5 heteroatoms. The Labute approximate surface area is 105 Å². The minimum atomic E-state index is 0.131. The second-order valence-corrected chi connectivity index (χ2v) is 4.49. The van der Waals surface area contributed by atoms with Gasteiger partial charge in [-0.1, -0.05) is 6.07 Å². The maximum atomic E-state index is 9.00. The lowest BCUT2D eigenvalue weighted by Crippen LogP contribution is -2.27. The third kappa shape index (κ3) is 2.81. The summed E-state index contributed by atoms with van der Waals surface area (Å²) < 4.78 is 0. The van der Waals surface area contributed by atoms with Crippen molar-refractivity contribution in [2.45, 2.75) is 6.92 Å².